The number of rotatable bonds is 1. The molecule has 0 fully saturated rings. The number of nitrogens with zero attached hydrogens (tertiary/aromatic N) is 2. The van der Waals surface area contributed by atoms with Crippen LogP contribution in [0.5, 0.6) is 0 Å². The largest absolute Gasteiger partial charge is 0.322 e. The van der Waals surface area contributed by atoms with E-state index in [1.54, 1.807) is 23.5 Å². The van der Waals surface area contributed by atoms with Gasteiger partial charge in [0.25, 0.3) is 0 Å². The van der Waals surface area contributed by atoms with Gasteiger partial charge in [0.15, 0.2) is 0 Å². The zero-order valence-electron chi connectivity index (χ0n) is 7.69. The number of fused-ring (bicyclic) bond motifs is 1. The fraction of sp³-hybridized carbons (Fsp3) is 0.200. The molecule has 0 aliphatic rings. The maximum atomic E-state index is 8.71. The Morgan fingerprint density at radius 3 is 3.00 bits per heavy atom. The van der Waals surface area contributed by atoms with E-state index < -0.39 is 0 Å². The molecule has 2 N–H and O–H groups in total. The van der Waals surface area contributed by atoms with Gasteiger partial charge < -0.3 is 5.73 Å². The molecular formula is C10H9N3S. The molecule has 70 valence electrons. The summed E-state index contributed by atoms with van der Waals surface area (Å²) in [4.78, 5) is 4.36. The normalized spacial score (nSPS) is 12.6. The topological polar surface area (TPSA) is 62.7 Å². The Balaban J connectivity index is 2.61. The molecule has 2 rings (SSSR count). The highest BCUT2D eigenvalue weighted by molar-refractivity contribution is 7.18. The van der Waals surface area contributed by atoms with Gasteiger partial charge in [0, 0.05) is 0 Å². The Bertz CT molecular complexity index is 508. The fourth-order valence-corrected chi connectivity index (χ4v) is 2.11. The molecule has 0 aliphatic heterocycles. The summed E-state index contributed by atoms with van der Waals surface area (Å²) in [5.74, 6) is 0. The van der Waals surface area contributed by atoms with Gasteiger partial charge in [-0.1, -0.05) is 0 Å². The van der Waals surface area contributed by atoms with Crippen LogP contribution in [0.15, 0.2) is 18.2 Å². The summed E-state index contributed by atoms with van der Waals surface area (Å²) < 4.78 is 1.08. The van der Waals surface area contributed by atoms with Gasteiger partial charge in [-0.15, -0.1) is 11.3 Å². The molecule has 4 heteroatoms. The lowest BCUT2D eigenvalue weighted by Gasteiger charge is -1.95. The van der Waals surface area contributed by atoms with Crippen LogP contribution < -0.4 is 5.73 Å². The summed E-state index contributed by atoms with van der Waals surface area (Å²) in [6.07, 6.45) is 0. The van der Waals surface area contributed by atoms with Crippen molar-refractivity contribution < 1.29 is 0 Å². The minimum atomic E-state index is -0.0436. The van der Waals surface area contributed by atoms with E-state index in [0.717, 1.165) is 15.2 Å². The van der Waals surface area contributed by atoms with Gasteiger partial charge in [-0.2, -0.15) is 5.26 Å². The van der Waals surface area contributed by atoms with Crippen LogP contribution in [0.3, 0.4) is 0 Å². The van der Waals surface area contributed by atoms with Crippen molar-refractivity contribution in [3.63, 3.8) is 0 Å². The average molecular weight is 203 g/mol. The minimum Gasteiger partial charge on any atom is -0.322 e. The number of hydrogen-bond acceptors (Lipinski definition) is 4. The Labute approximate surface area is 85.8 Å². The fourth-order valence-electron chi connectivity index (χ4n) is 1.21. The van der Waals surface area contributed by atoms with Crippen molar-refractivity contribution in [1.29, 1.82) is 5.26 Å². The SMILES string of the molecule is C[C@@H](N)c1nc2cc(C#N)ccc2s1. The number of nitrogens with two attached hydrogens (primary N) is 1. The van der Waals surface area contributed by atoms with Crippen LogP contribution in [0.4, 0.5) is 0 Å². The summed E-state index contributed by atoms with van der Waals surface area (Å²) in [6, 6.07) is 7.55. The smallest absolute Gasteiger partial charge is 0.110 e. The molecule has 0 bridgehead atoms. The summed E-state index contributed by atoms with van der Waals surface area (Å²) >= 11 is 1.58. The van der Waals surface area contributed by atoms with Crippen LogP contribution in [0.1, 0.15) is 23.5 Å². The third-order valence-corrected chi connectivity index (χ3v) is 3.16. The number of benzene rings is 1. The van der Waals surface area contributed by atoms with E-state index >= 15 is 0 Å². The summed E-state index contributed by atoms with van der Waals surface area (Å²) in [6.45, 7) is 1.91. The van der Waals surface area contributed by atoms with Crippen molar-refractivity contribution in [2.45, 2.75) is 13.0 Å². The molecule has 1 heterocycles. The molecule has 1 aromatic heterocycles. The van der Waals surface area contributed by atoms with Gasteiger partial charge in [-0.05, 0) is 25.1 Å². The van der Waals surface area contributed by atoms with Gasteiger partial charge in [-0.25, -0.2) is 4.98 Å². The molecule has 0 spiro atoms. The van der Waals surface area contributed by atoms with Crippen molar-refractivity contribution in [2.24, 2.45) is 5.73 Å². The zero-order valence-corrected chi connectivity index (χ0v) is 8.51. The monoisotopic (exact) mass is 203 g/mol. The molecule has 0 unspecified atom stereocenters. The highest BCUT2D eigenvalue weighted by Crippen LogP contribution is 2.25. The van der Waals surface area contributed by atoms with E-state index in [0.29, 0.717) is 5.56 Å². The third-order valence-electron chi connectivity index (χ3n) is 1.92. The van der Waals surface area contributed by atoms with Crippen LogP contribution in [-0.4, -0.2) is 4.98 Å². The van der Waals surface area contributed by atoms with E-state index in [4.69, 9.17) is 11.0 Å². The van der Waals surface area contributed by atoms with Gasteiger partial charge in [-0.3, -0.25) is 0 Å². The Morgan fingerprint density at radius 1 is 1.57 bits per heavy atom. The molecular weight excluding hydrogens is 194 g/mol. The van der Waals surface area contributed by atoms with Gasteiger partial charge in [0.1, 0.15) is 5.01 Å². The first-order valence-corrected chi connectivity index (χ1v) is 5.08. The van der Waals surface area contributed by atoms with Crippen molar-refractivity contribution in [2.75, 3.05) is 0 Å². The van der Waals surface area contributed by atoms with E-state index in [2.05, 4.69) is 11.1 Å². The Kier molecular flexibility index (Phi) is 2.20. The summed E-state index contributed by atoms with van der Waals surface area (Å²) in [5.41, 5.74) is 7.23. The molecule has 0 amide bonds. The predicted molar refractivity (Wildman–Crippen MR) is 56.9 cm³/mol. The summed E-state index contributed by atoms with van der Waals surface area (Å²) in [5, 5.41) is 9.63. The van der Waals surface area contributed by atoms with Crippen LogP contribution >= 0.6 is 11.3 Å². The third kappa shape index (κ3) is 1.48. The highest BCUT2D eigenvalue weighted by Gasteiger charge is 2.07. The molecule has 14 heavy (non-hydrogen) atoms. The second-order valence-electron chi connectivity index (χ2n) is 3.14. The lowest BCUT2D eigenvalue weighted by molar-refractivity contribution is 0.810. The van der Waals surface area contributed by atoms with E-state index in [-0.39, 0.29) is 6.04 Å². The minimum absolute atomic E-state index is 0.0436. The molecule has 3 nitrogen and oxygen atoms in total. The van der Waals surface area contributed by atoms with Crippen LogP contribution in [0.25, 0.3) is 10.2 Å². The number of aromatic nitrogens is 1. The molecule has 2 aromatic rings. The molecule has 1 aromatic carbocycles. The summed E-state index contributed by atoms with van der Waals surface area (Å²) in [7, 11) is 0. The van der Waals surface area contributed by atoms with Gasteiger partial charge in [0.2, 0.25) is 0 Å². The number of thiazole rings is 1. The second-order valence-corrected chi connectivity index (χ2v) is 4.20. The Hall–Kier alpha value is -1.44. The standard InChI is InChI=1S/C10H9N3S/c1-6(12)10-13-8-4-7(5-11)2-3-9(8)14-10/h2-4,6H,12H2,1H3/t6-/m1/s1. The van der Waals surface area contributed by atoms with E-state index in [1.807, 2.05) is 13.0 Å². The number of hydrogen-bond donors (Lipinski definition) is 1. The maximum absolute atomic E-state index is 8.71. The highest BCUT2D eigenvalue weighted by atomic mass is 32.1. The van der Waals surface area contributed by atoms with Crippen molar-refractivity contribution in [1.82, 2.24) is 4.98 Å². The van der Waals surface area contributed by atoms with Crippen LogP contribution in [0.2, 0.25) is 0 Å². The predicted octanol–water partition coefficient (Wildman–Crippen LogP) is 2.19. The molecule has 0 saturated heterocycles. The molecule has 0 aliphatic carbocycles. The van der Waals surface area contributed by atoms with Crippen LogP contribution in [0, 0.1) is 11.3 Å². The van der Waals surface area contributed by atoms with E-state index in [1.165, 1.54) is 0 Å². The quantitative estimate of drug-likeness (QED) is 0.772. The van der Waals surface area contributed by atoms with Crippen LogP contribution in [-0.2, 0) is 0 Å². The average Bonchev–Trinajstić information content (AvgIpc) is 2.59. The zero-order chi connectivity index (χ0) is 10.1. The molecule has 0 radical (unpaired) electrons. The first kappa shape index (κ1) is 9.13. The second kappa shape index (κ2) is 3.37. The molecule has 0 saturated carbocycles. The lowest BCUT2D eigenvalue weighted by Crippen LogP contribution is -2.03. The van der Waals surface area contributed by atoms with Crippen molar-refractivity contribution >= 4 is 21.6 Å². The molecule has 1 atom stereocenters. The maximum Gasteiger partial charge on any atom is 0.110 e. The lowest BCUT2D eigenvalue weighted by atomic mass is 10.2. The van der Waals surface area contributed by atoms with Crippen molar-refractivity contribution in [3.05, 3.63) is 28.8 Å². The van der Waals surface area contributed by atoms with E-state index in [9.17, 15) is 0 Å². The first-order valence-electron chi connectivity index (χ1n) is 4.27. The van der Waals surface area contributed by atoms with Gasteiger partial charge in [0.05, 0.1) is 27.9 Å². The van der Waals surface area contributed by atoms with Crippen molar-refractivity contribution in [3.8, 4) is 6.07 Å². The van der Waals surface area contributed by atoms with Gasteiger partial charge >= 0.3 is 0 Å². The first-order chi connectivity index (χ1) is 6.70. The Morgan fingerprint density at radius 2 is 2.36 bits per heavy atom. The number of nitriles is 1.